The summed E-state index contributed by atoms with van der Waals surface area (Å²) in [5.41, 5.74) is 1.04. The Balaban J connectivity index is 1.69. The van der Waals surface area contributed by atoms with E-state index in [-0.39, 0.29) is 49.0 Å². The van der Waals surface area contributed by atoms with Crippen LogP contribution in [-0.4, -0.2) is 48.3 Å². The molecule has 0 saturated carbocycles. The molecule has 11 nitrogen and oxygen atoms in total. The Labute approximate surface area is 261 Å². The molecule has 0 saturated heterocycles. The van der Waals surface area contributed by atoms with Gasteiger partial charge in [-0.1, -0.05) is 30.3 Å². The molecule has 4 rings (SSSR count). The maximum Gasteiger partial charge on any atom is 0.325 e. The minimum atomic E-state index is -1.53. The third-order valence-electron chi connectivity index (χ3n) is 7.34. The van der Waals surface area contributed by atoms with Gasteiger partial charge in [0.05, 0.1) is 0 Å². The molecule has 3 aromatic rings. The number of carbonyl (C=O) groups is 5. The van der Waals surface area contributed by atoms with Gasteiger partial charge in [-0.3, -0.25) is 24.0 Å². The molecule has 236 valence electrons. The van der Waals surface area contributed by atoms with Crippen LogP contribution in [0, 0.1) is 13.8 Å². The average molecular weight is 618 g/mol. The zero-order valence-corrected chi connectivity index (χ0v) is 26.1. The number of hydrogen-bond donors (Lipinski definition) is 0. The summed E-state index contributed by atoms with van der Waals surface area (Å²) in [5.74, 6) is -1.67. The summed E-state index contributed by atoms with van der Waals surface area (Å²) in [6, 6.07) is 15.6. The lowest BCUT2D eigenvalue weighted by Gasteiger charge is -2.41. The van der Waals surface area contributed by atoms with E-state index < -0.39 is 35.4 Å². The first-order valence-electron chi connectivity index (χ1n) is 14.3. The van der Waals surface area contributed by atoms with Gasteiger partial charge >= 0.3 is 23.9 Å². The van der Waals surface area contributed by atoms with Crippen molar-refractivity contribution in [2.75, 3.05) is 13.6 Å². The first-order chi connectivity index (χ1) is 21.3. The van der Waals surface area contributed by atoms with Gasteiger partial charge in [0, 0.05) is 62.9 Å². The summed E-state index contributed by atoms with van der Waals surface area (Å²) in [6.45, 7) is 6.97. The predicted octanol–water partition coefficient (Wildman–Crippen LogP) is 5.05. The first kappa shape index (κ1) is 32.7. The minimum Gasteiger partial charge on any atom is -0.459 e. The number of fused-ring (bicyclic) bond motifs is 2. The standard InChI is InChI=1S/C34H35NO10/c1-20-28(42-22(3)36)14-12-26-32(20)44-33-21(2)29(43-23(4)37)15-13-27(33)34(26,45-24(5)38)17-16-30(39)35(6)18-31(40)41-19-25-10-8-7-9-11-25/h7-15H,16-19H2,1-6H3. The Kier molecular flexibility index (Phi) is 9.91. The van der Waals surface area contributed by atoms with Gasteiger partial charge in [0.2, 0.25) is 5.91 Å². The van der Waals surface area contributed by atoms with Gasteiger partial charge in [0.25, 0.3) is 0 Å². The van der Waals surface area contributed by atoms with E-state index in [0.29, 0.717) is 22.3 Å². The van der Waals surface area contributed by atoms with E-state index in [9.17, 15) is 24.0 Å². The average Bonchev–Trinajstić information content (AvgIpc) is 2.98. The van der Waals surface area contributed by atoms with Gasteiger partial charge in [0.1, 0.15) is 36.1 Å². The second-order valence-electron chi connectivity index (χ2n) is 10.7. The van der Waals surface area contributed by atoms with Crippen LogP contribution in [-0.2, 0) is 45.7 Å². The summed E-state index contributed by atoms with van der Waals surface area (Å²) >= 11 is 0. The van der Waals surface area contributed by atoms with Crippen LogP contribution in [0.2, 0.25) is 0 Å². The molecule has 0 radical (unpaired) electrons. The number of hydrogen-bond acceptors (Lipinski definition) is 10. The quantitative estimate of drug-likeness (QED) is 0.225. The molecule has 0 N–H and O–H groups in total. The number of esters is 4. The van der Waals surface area contributed by atoms with E-state index in [1.807, 2.05) is 30.3 Å². The van der Waals surface area contributed by atoms with Crippen LogP contribution in [0.4, 0.5) is 0 Å². The summed E-state index contributed by atoms with van der Waals surface area (Å²) in [4.78, 5) is 63.4. The van der Waals surface area contributed by atoms with Crippen LogP contribution in [0.3, 0.4) is 0 Å². The highest BCUT2D eigenvalue weighted by molar-refractivity contribution is 5.82. The lowest BCUT2D eigenvalue weighted by Crippen LogP contribution is -2.39. The number of rotatable bonds is 10. The van der Waals surface area contributed by atoms with Crippen LogP contribution in [0.1, 0.15) is 61.4 Å². The van der Waals surface area contributed by atoms with Crippen molar-refractivity contribution < 1.29 is 47.7 Å². The molecule has 0 fully saturated rings. The van der Waals surface area contributed by atoms with Crippen LogP contribution in [0.15, 0.2) is 54.6 Å². The summed E-state index contributed by atoms with van der Waals surface area (Å²) in [7, 11) is 1.49. The van der Waals surface area contributed by atoms with Crippen LogP contribution < -0.4 is 14.2 Å². The Morgan fingerprint density at radius 3 is 1.78 bits per heavy atom. The van der Waals surface area contributed by atoms with Crippen molar-refractivity contribution in [1.82, 2.24) is 4.90 Å². The summed E-state index contributed by atoms with van der Waals surface area (Å²) in [6.07, 6.45) is -0.166. The maximum absolute atomic E-state index is 13.4. The Hall–Kier alpha value is -5.19. The summed E-state index contributed by atoms with van der Waals surface area (Å²) < 4.78 is 28.5. The third kappa shape index (κ3) is 7.31. The van der Waals surface area contributed by atoms with Crippen molar-refractivity contribution >= 4 is 29.8 Å². The van der Waals surface area contributed by atoms with Crippen molar-refractivity contribution in [3.05, 3.63) is 82.4 Å². The van der Waals surface area contributed by atoms with Gasteiger partial charge < -0.3 is 28.6 Å². The molecule has 0 bridgehead atoms. The number of carbonyl (C=O) groups excluding carboxylic acids is 5. The monoisotopic (exact) mass is 617 g/mol. The van der Waals surface area contributed by atoms with Gasteiger partial charge in [-0.05, 0) is 43.7 Å². The van der Waals surface area contributed by atoms with E-state index in [2.05, 4.69) is 0 Å². The Morgan fingerprint density at radius 2 is 1.29 bits per heavy atom. The van der Waals surface area contributed by atoms with Crippen molar-refractivity contribution in [3.63, 3.8) is 0 Å². The molecule has 0 spiro atoms. The van der Waals surface area contributed by atoms with E-state index >= 15 is 0 Å². The van der Waals surface area contributed by atoms with Crippen molar-refractivity contribution in [3.8, 4) is 23.0 Å². The first-order valence-corrected chi connectivity index (χ1v) is 14.3. The molecule has 0 aliphatic carbocycles. The topological polar surface area (TPSA) is 135 Å². The third-order valence-corrected chi connectivity index (χ3v) is 7.34. The lowest BCUT2D eigenvalue weighted by atomic mass is 9.78. The van der Waals surface area contributed by atoms with E-state index in [0.717, 1.165) is 5.56 Å². The fraction of sp³-hybridized carbons (Fsp3) is 0.324. The molecular formula is C34H35NO10. The normalized spacial score (nSPS) is 12.5. The van der Waals surface area contributed by atoms with Crippen LogP contribution in [0.5, 0.6) is 23.0 Å². The maximum atomic E-state index is 13.4. The van der Waals surface area contributed by atoms with Gasteiger partial charge in [-0.25, -0.2) is 0 Å². The summed E-state index contributed by atoms with van der Waals surface area (Å²) in [5, 5.41) is 0. The number of benzene rings is 3. The van der Waals surface area contributed by atoms with Crippen molar-refractivity contribution in [2.45, 2.75) is 59.7 Å². The highest BCUT2D eigenvalue weighted by Gasteiger charge is 2.47. The number of amides is 1. The zero-order valence-electron chi connectivity index (χ0n) is 26.1. The molecule has 0 aromatic heterocycles. The van der Waals surface area contributed by atoms with E-state index in [4.69, 9.17) is 23.7 Å². The minimum absolute atomic E-state index is 0.0309. The van der Waals surface area contributed by atoms with E-state index in [1.165, 1.54) is 32.7 Å². The number of nitrogens with zero attached hydrogens (tertiary/aromatic N) is 1. The fourth-order valence-corrected chi connectivity index (χ4v) is 5.24. The molecule has 3 aromatic carbocycles. The van der Waals surface area contributed by atoms with E-state index in [1.54, 1.807) is 38.1 Å². The second-order valence-corrected chi connectivity index (χ2v) is 10.7. The lowest BCUT2D eigenvalue weighted by molar-refractivity contribution is -0.156. The molecular weight excluding hydrogens is 582 g/mol. The molecule has 1 aliphatic heterocycles. The SMILES string of the molecule is CC(=O)Oc1ccc2c(c1C)Oc1c(ccc(OC(C)=O)c1C)C2(CCC(=O)N(C)CC(=O)OCc1ccccc1)OC(C)=O. The smallest absolute Gasteiger partial charge is 0.325 e. The van der Waals surface area contributed by atoms with Gasteiger partial charge in [-0.15, -0.1) is 0 Å². The molecule has 1 aliphatic rings. The van der Waals surface area contributed by atoms with Crippen molar-refractivity contribution in [2.24, 2.45) is 0 Å². The number of ether oxygens (including phenoxy) is 5. The Bertz CT molecular complexity index is 1570. The molecule has 0 atom stereocenters. The largest absolute Gasteiger partial charge is 0.459 e. The van der Waals surface area contributed by atoms with Crippen LogP contribution in [0.25, 0.3) is 0 Å². The van der Waals surface area contributed by atoms with Crippen molar-refractivity contribution in [1.29, 1.82) is 0 Å². The molecule has 45 heavy (non-hydrogen) atoms. The zero-order chi connectivity index (χ0) is 32.9. The predicted molar refractivity (Wildman–Crippen MR) is 161 cm³/mol. The van der Waals surface area contributed by atoms with Gasteiger partial charge in [-0.2, -0.15) is 0 Å². The molecule has 0 unspecified atom stereocenters. The highest BCUT2D eigenvalue weighted by atomic mass is 16.6. The highest BCUT2D eigenvalue weighted by Crippen LogP contribution is 2.55. The molecule has 1 amide bonds. The Morgan fingerprint density at radius 1 is 0.756 bits per heavy atom. The second kappa shape index (κ2) is 13.6. The number of likely N-dealkylation sites (N-methyl/N-ethyl adjacent to an activating group) is 1. The molecule has 11 heteroatoms. The van der Waals surface area contributed by atoms with Gasteiger partial charge in [0.15, 0.2) is 5.60 Å². The van der Waals surface area contributed by atoms with Crippen LogP contribution >= 0.6 is 0 Å². The molecule has 1 heterocycles. The fourth-order valence-electron chi connectivity index (χ4n) is 5.24.